The lowest BCUT2D eigenvalue weighted by Gasteiger charge is -2.46. The summed E-state index contributed by atoms with van der Waals surface area (Å²) in [5.74, 6) is -1.83. The minimum atomic E-state index is -1.01. The van der Waals surface area contributed by atoms with Crippen LogP contribution < -0.4 is 0 Å². The number of aliphatic hydroxyl groups is 1. The highest BCUT2D eigenvalue weighted by Gasteiger charge is 2.47. The molecule has 1 aromatic rings. The van der Waals surface area contributed by atoms with Crippen molar-refractivity contribution in [3.8, 4) is 0 Å². The van der Waals surface area contributed by atoms with Gasteiger partial charge < -0.3 is 9.84 Å². The highest BCUT2D eigenvalue weighted by atomic mass is 19.2. The maximum absolute atomic E-state index is 14.1. The van der Waals surface area contributed by atoms with Crippen molar-refractivity contribution in [2.24, 2.45) is 0 Å². The minimum absolute atomic E-state index is 0.0726. The first-order valence-electron chi connectivity index (χ1n) is 7.60. The predicted octanol–water partition coefficient (Wildman–Crippen LogP) is 2.64. The summed E-state index contributed by atoms with van der Waals surface area (Å²) in [4.78, 5) is 2.21. The molecule has 2 aliphatic rings. The molecule has 21 heavy (non-hydrogen) atoms. The highest BCUT2D eigenvalue weighted by Crippen LogP contribution is 2.45. The van der Waals surface area contributed by atoms with Crippen LogP contribution in [0.2, 0.25) is 0 Å². The Labute approximate surface area is 123 Å². The molecule has 3 nitrogen and oxygen atoms in total. The third-order valence-electron chi connectivity index (χ3n) is 4.90. The SMILES string of the molecule is OC(c1cccc(F)c1F)C1(N2CCOCC2)CCCC1. The van der Waals surface area contributed by atoms with Crippen molar-refractivity contribution in [1.82, 2.24) is 4.90 Å². The van der Waals surface area contributed by atoms with E-state index in [2.05, 4.69) is 4.90 Å². The fourth-order valence-electron chi connectivity index (χ4n) is 3.78. The molecule has 1 unspecified atom stereocenters. The van der Waals surface area contributed by atoms with Crippen LogP contribution in [0.25, 0.3) is 0 Å². The van der Waals surface area contributed by atoms with Gasteiger partial charge in [-0.15, -0.1) is 0 Å². The van der Waals surface area contributed by atoms with Crippen molar-refractivity contribution in [3.63, 3.8) is 0 Å². The summed E-state index contributed by atoms with van der Waals surface area (Å²) in [5.41, 5.74) is -0.415. The van der Waals surface area contributed by atoms with Crippen molar-refractivity contribution < 1.29 is 18.6 Å². The van der Waals surface area contributed by atoms with Gasteiger partial charge in [0.15, 0.2) is 11.6 Å². The first-order chi connectivity index (χ1) is 10.1. The Hall–Kier alpha value is -1.04. The van der Waals surface area contributed by atoms with E-state index in [0.717, 1.165) is 44.8 Å². The molecule has 3 rings (SSSR count). The number of hydrogen-bond donors (Lipinski definition) is 1. The molecule has 1 N–H and O–H groups in total. The van der Waals surface area contributed by atoms with Crippen molar-refractivity contribution in [2.45, 2.75) is 37.3 Å². The second kappa shape index (κ2) is 5.99. The first-order valence-corrected chi connectivity index (χ1v) is 7.60. The van der Waals surface area contributed by atoms with Crippen LogP contribution in [0, 0.1) is 11.6 Å². The Morgan fingerprint density at radius 1 is 1.14 bits per heavy atom. The summed E-state index contributed by atoms with van der Waals surface area (Å²) in [6.07, 6.45) is 2.62. The Morgan fingerprint density at radius 3 is 2.48 bits per heavy atom. The van der Waals surface area contributed by atoms with E-state index in [1.165, 1.54) is 12.1 Å². The molecular formula is C16H21F2NO2. The van der Waals surface area contributed by atoms with Gasteiger partial charge in [-0.05, 0) is 18.9 Å². The number of hydrogen-bond acceptors (Lipinski definition) is 3. The van der Waals surface area contributed by atoms with Crippen LogP contribution in [-0.4, -0.2) is 41.8 Å². The van der Waals surface area contributed by atoms with Crippen LogP contribution in [0.15, 0.2) is 18.2 Å². The summed E-state index contributed by atoms with van der Waals surface area (Å²) in [6, 6.07) is 4.03. The van der Waals surface area contributed by atoms with Crippen LogP contribution in [0.3, 0.4) is 0 Å². The van der Waals surface area contributed by atoms with Gasteiger partial charge >= 0.3 is 0 Å². The van der Waals surface area contributed by atoms with Gasteiger partial charge in [-0.3, -0.25) is 4.90 Å². The average Bonchev–Trinajstić information content (AvgIpc) is 3.01. The van der Waals surface area contributed by atoms with Crippen molar-refractivity contribution in [2.75, 3.05) is 26.3 Å². The van der Waals surface area contributed by atoms with Crippen molar-refractivity contribution in [1.29, 1.82) is 0 Å². The summed E-state index contributed by atoms with van der Waals surface area (Å²) in [5, 5.41) is 10.8. The fourth-order valence-corrected chi connectivity index (χ4v) is 3.78. The minimum Gasteiger partial charge on any atom is -0.386 e. The number of benzene rings is 1. The lowest BCUT2D eigenvalue weighted by atomic mass is 9.83. The number of ether oxygens (including phenoxy) is 1. The van der Waals surface area contributed by atoms with Crippen LogP contribution >= 0.6 is 0 Å². The summed E-state index contributed by atoms with van der Waals surface area (Å²) < 4.78 is 32.9. The molecule has 1 atom stereocenters. The Kier molecular flexibility index (Phi) is 4.24. The van der Waals surface area contributed by atoms with E-state index in [1.54, 1.807) is 0 Å². The molecule has 5 heteroatoms. The van der Waals surface area contributed by atoms with E-state index in [0.29, 0.717) is 13.2 Å². The zero-order valence-electron chi connectivity index (χ0n) is 12.0. The molecule has 0 bridgehead atoms. The van der Waals surface area contributed by atoms with Crippen molar-refractivity contribution in [3.05, 3.63) is 35.4 Å². The third kappa shape index (κ3) is 2.58. The average molecular weight is 297 g/mol. The van der Waals surface area contributed by atoms with Gasteiger partial charge in [0.05, 0.1) is 18.8 Å². The monoisotopic (exact) mass is 297 g/mol. The maximum Gasteiger partial charge on any atom is 0.164 e. The predicted molar refractivity (Wildman–Crippen MR) is 74.9 cm³/mol. The van der Waals surface area contributed by atoms with Gasteiger partial charge in [0.1, 0.15) is 6.10 Å². The van der Waals surface area contributed by atoms with Gasteiger partial charge in [-0.25, -0.2) is 8.78 Å². The zero-order chi connectivity index (χ0) is 14.9. The second-order valence-electron chi connectivity index (χ2n) is 5.96. The van der Waals surface area contributed by atoms with Crippen LogP contribution in [0.1, 0.15) is 37.4 Å². The molecule has 116 valence electrons. The smallest absolute Gasteiger partial charge is 0.164 e. The van der Waals surface area contributed by atoms with Crippen molar-refractivity contribution >= 4 is 0 Å². The number of aliphatic hydroxyl groups excluding tert-OH is 1. The molecule has 1 heterocycles. The first kappa shape index (κ1) is 14.9. The summed E-state index contributed by atoms with van der Waals surface area (Å²) in [6.45, 7) is 2.71. The van der Waals surface area contributed by atoms with Gasteiger partial charge in [0, 0.05) is 18.7 Å². The summed E-state index contributed by atoms with van der Waals surface area (Å²) >= 11 is 0. The molecule has 0 spiro atoms. The van der Waals surface area contributed by atoms with E-state index < -0.39 is 23.3 Å². The summed E-state index contributed by atoms with van der Waals surface area (Å²) in [7, 11) is 0. The normalized spacial score (nSPS) is 24.1. The number of halogens is 2. The number of rotatable bonds is 3. The van der Waals surface area contributed by atoms with Crippen LogP contribution in [0.4, 0.5) is 8.78 Å². The topological polar surface area (TPSA) is 32.7 Å². The van der Waals surface area contributed by atoms with Gasteiger partial charge in [0.2, 0.25) is 0 Å². The van der Waals surface area contributed by atoms with Gasteiger partial charge in [0.25, 0.3) is 0 Å². The number of nitrogens with zero attached hydrogens (tertiary/aromatic N) is 1. The van der Waals surface area contributed by atoms with Gasteiger partial charge in [-0.2, -0.15) is 0 Å². The largest absolute Gasteiger partial charge is 0.386 e. The highest BCUT2D eigenvalue weighted by molar-refractivity contribution is 5.25. The second-order valence-corrected chi connectivity index (χ2v) is 5.96. The Balaban J connectivity index is 1.94. The molecule has 0 radical (unpaired) electrons. The van der Waals surface area contributed by atoms with Gasteiger partial charge in [-0.1, -0.05) is 25.0 Å². The lowest BCUT2D eigenvalue weighted by Crippen LogP contribution is -2.55. The fraction of sp³-hybridized carbons (Fsp3) is 0.625. The van der Waals surface area contributed by atoms with Crippen LogP contribution in [0.5, 0.6) is 0 Å². The molecule has 1 aliphatic carbocycles. The Bertz CT molecular complexity index is 497. The van der Waals surface area contributed by atoms with E-state index in [-0.39, 0.29) is 5.56 Å². The third-order valence-corrected chi connectivity index (χ3v) is 4.90. The molecule has 1 aromatic carbocycles. The molecule has 1 saturated carbocycles. The molecule has 2 fully saturated rings. The molecule has 0 aromatic heterocycles. The van der Waals surface area contributed by atoms with E-state index >= 15 is 0 Å². The standard InChI is InChI=1S/C16H21F2NO2/c17-13-5-3-4-12(14(13)18)15(20)16(6-1-2-7-16)19-8-10-21-11-9-19/h3-5,15,20H,1-2,6-11H2. The van der Waals surface area contributed by atoms with Crippen LogP contribution in [-0.2, 0) is 4.74 Å². The van der Waals surface area contributed by atoms with E-state index in [9.17, 15) is 13.9 Å². The molecule has 0 amide bonds. The Morgan fingerprint density at radius 2 is 1.81 bits per heavy atom. The quantitative estimate of drug-likeness (QED) is 0.931. The maximum atomic E-state index is 14.1. The zero-order valence-corrected chi connectivity index (χ0v) is 12.0. The molecule has 1 saturated heterocycles. The molecular weight excluding hydrogens is 276 g/mol. The van der Waals surface area contributed by atoms with E-state index in [4.69, 9.17) is 4.74 Å². The lowest BCUT2D eigenvalue weighted by molar-refractivity contribution is -0.0784. The number of morpholine rings is 1. The molecule has 1 aliphatic heterocycles. The van der Waals surface area contributed by atoms with E-state index in [1.807, 2.05) is 0 Å².